The van der Waals surface area contributed by atoms with Crippen molar-refractivity contribution < 1.29 is 14.7 Å². The minimum atomic E-state index is -0.928. The lowest BCUT2D eigenvalue weighted by atomic mass is 9.95. The lowest BCUT2D eigenvalue weighted by molar-refractivity contribution is -0.136. The minimum absolute atomic E-state index is 0.128. The van der Waals surface area contributed by atoms with Gasteiger partial charge in [-0.25, -0.2) is 0 Å². The number of rotatable bonds is 5. The van der Waals surface area contributed by atoms with Crippen molar-refractivity contribution in [1.82, 2.24) is 9.78 Å². The molecule has 2 aromatic rings. The number of nitrogens with zero attached hydrogens (tertiary/aromatic N) is 2. The van der Waals surface area contributed by atoms with Gasteiger partial charge in [0.1, 0.15) is 0 Å². The Labute approximate surface area is 146 Å². The Bertz CT molecular complexity index is 776. The second-order valence-electron chi connectivity index (χ2n) is 6.56. The molecule has 132 valence electrons. The number of amides is 1. The first-order valence-corrected chi connectivity index (χ1v) is 8.71. The molecule has 0 saturated heterocycles. The predicted octanol–water partition coefficient (Wildman–Crippen LogP) is 3.58. The van der Waals surface area contributed by atoms with Crippen molar-refractivity contribution in [2.24, 2.45) is 0 Å². The molecule has 6 heteroatoms. The second kappa shape index (κ2) is 7.51. The van der Waals surface area contributed by atoms with Crippen LogP contribution in [0.1, 0.15) is 59.8 Å². The summed E-state index contributed by atoms with van der Waals surface area (Å²) in [6, 6.07) is 7.34. The largest absolute Gasteiger partial charge is 0.481 e. The Morgan fingerprint density at radius 1 is 1.24 bits per heavy atom. The monoisotopic (exact) mass is 341 g/mol. The fourth-order valence-corrected chi connectivity index (χ4v) is 3.49. The first-order chi connectivity index (χ1) is 12.1. The number of anilines is 1. The van der Waals surface area contributed by atoms with Gasteiger partial charge in [0.15, 0.2) is 0 Å². The molecule has 1 heterocycles. The molecule has 1 aliphatic rings. The summed E-state index contributed by atoms with van der Waals surface area (Å²) in [5.41, 5.74) is 2.51. The molecule has 3 rings (SSSR count). The third kappa shape index (κ3) is 3.90. The number of aliphatic carboxylic acids is 1. The maximum atomic E-state index is 12.7. The van der Waals surface area contributed by atoms with Crippen LogP contribution in [0.3, 0.4) is 0 Å². The SMILES string of the molecule is Cc1c(C(=O)Nc2ccccc2CC(=O)O)cnn1C1CCCCC1. The molecule has 1 amide bonds. The third-order valence-electron chi connectivity index (χ3n) is 4.82. The molecule has 0 aliphatic heterocycles. The molecule has 0 atom stereocenters. The van der Waals surface area contributed by atoms with Crippen molar-refractivity contribution in [2.75, 3.05) is 5.32 Å². The molecule has 1 aromatic carbocycles. The zero-order valence-electron chi connectivity index (χ0n) is 14.4. The zero-order chi connectivity index (χ0) is 17.8. The van der Waals surface area contributed by atoms with E-state index < -0.39 is 5.97 Å². The van der Waals surface area contributed by atoms with E-state index in [0.29, 0.717) is 22.9 Å². The van der Waals surface area contributed by atoms with Gasteiger partial charge in [0.25, 0.3) is 5.91 Å². The standard InChI is InChI=1S/C19H23N3O3/c1-13-16(12-20-22(13)15-8-3-2-4-9-15)19(25)21-17-10-6-5-7-14(17)11-18(23)24/h5-7,10,12,15H,2-4,8-9,11H2,1H3,(H,21,25)(H,23,24). The summed E-state index contributed by atoms with van der Waals surface area (Å²) in [5, 5.41) is 16.3. The molecule has 25 heavy (non-hydrogen) atoms. The number of nitrogens with one attached hydrogen (secondary N) is 1. The predicted molar refractivity (Wildman–Crippen MR) is 94.8 cm³/mol. The van der Waals surface area contributed by atoms with E-state index in [1.807, 2.05) is 11.6 Å². The fraction of sp³-hybridized carbons (Fsp3) is 0.421. The van der Waals surface area contributed by atoms with Crippen molar-refractivity contribution in [3.8, 4) is 0 Å². The highest BCUT2D eigenvalue weighted by Crippen LogP contribution is 2.29. The van der Waals surface area contributed by atoms with Crippen LogP contribution in [0, 0.1) is 6.92 Å². The van der Waals surface area contributed by atoms with Crippen molar-refractivity contribution >= 4 is 17.6 Å². The number of carbonyl (C=O) groups is 2. The number of carboxylic acid groups (broad SMARTS) is 1. The molecule has 6 nitrogen and oxygen atoms in total. The third-order valence-corrected chi connectivity index (χ3v) is 4.82. The highest BCUT2D eigenvalue weighted by Gasteiger charge is 2.22. The van der Waals surface area contributed by atoms with Crippen LogP contribution in [0.4, 0.5) is 5.69 Å². The number of hydrogen-bond acceptors (Lipinski definition) is 3. The highest BCUT2D eigenvalue weighted by molar-refractivity contribution is 6.05. The van der Waals surface area contributed by atoms with E-state index in [-0.39, 0.29) is 12.3 Å². The Kier molecular flexibility index (Phi) is 5.16. The molecule has 1 fully saturated rings. The fourth-order valence-electron chi connectivity index (χ4n) is 3.49. The number of para-hydroxylation sites is 1. The first-order valence-electron chi connectivity index (χ1n) is 8.71. The number of aromatic nitrogens is 2. The van der Waals surface area contributed by atoms with Crippen molar-refractivity contribution in [2.45, 2.75) is 51.5 Å². The average Bonchev–Trinajstić information content (AvgIpc) is 2.98. The van der Waals surface area contributed by atoms with Crippen molar-refractivity contribution in [1.29, 1.82) is 0 Å². The Morgan fingerprint density at radius 3 is 2.68 bits per heavy atom. The number of benzene rings is 1. The molecule has 0 spiro atoms. The van der Waals surface area contributed by atoms with Crippen LogP contribution < -0.4 is 5.32 Å². The molecular formula is C19H23N3O3. The smallest absolute Gasteiger partial charge is 0.307 e. The Morgan fingerprint density at radius 2 is 1.96 bits per heavy atom. The molecule has 0 bridgehead atoms. The van der Waals surface area contributed by atoms with Gasteiger partial charge in [-0.2, -0.15) is 5.10 Å². The summed E-state index contributed by atoms with van der Waals surface area (Å²) in [4.78, 5) is 23.6. The molecule has 0 unspecified atom stereocenters. The number of hydrogen-bond donors (Lipinski definition) is 2. The van der Waals surface area contributed by atoms with Gasteiger partial charge in [0.05, 0.1) is 24.2 Å². The molecule has 1 saturated carbocycles. The first kappa shape index (κ1) is 17.2. The Hall–Kier alpha value is -2.63. The van der Waals surface area contributed by atoms with Gasteiger partial charge in [0, 0.05) is 11.4 Å². The quantitative estimate of drug-likeness (QED) is 0.870. The summed E-state index contributed by atoms with van der Waals surface area (Å²) >= 11 is 0. The van der Waals surface area contributed by atoms with Gasteiger partial charge in [-0.05, 0) is 31.4 Å². The number of carboxylic acids is 1. The maximum absolute atomic E-state index is 12.7. The second-order valence-corrected chi connectivity index (χ2v) is 6.56. The van der Waals surface area contributed by atoms with E-state index in [1.54, 1.807) is 30.5 Å². The van der Waals surface area contributed by atoms with Gasteiger partial charge < -0.3 is 10.4 Å². The maximum Gasteiger partial charge on any atom is 0.307 e. The average molecular weight is 341 g/mol. The van der Waals surface area contributed by atoms with E-state index in [4.69, 9.17) is 5.11 Å². The van der Waals surface area contributed by atoms with Crippen LogP contribution in [0.2, 0.25) is 0 Å². The van der Waals surface area contributed by atoms with Crippen LogP contribution in [0.25, 0.3) is 0 Å². The van der Waals surface area contributed by atoms with Crippen molar-refractivity contribution in [3.05, 3.63) is 47.3 Å². The van der Waals surface area contributed by atoms with Crippen LogP contribution in [0.5, 0.6) is 0 Å². The van der Waals surface area contributed by atoms with E-state index in [2.05, 4.69) is 10.4 Å². The van der Waals surface area contributed by atoms with E-state index in [1.165, 1.54) is 19.3 Å². The normalized spacial score (nSPS) is 15.1. The van der Waals surface area contributed by atoms with Gasteiger partial charge in [-0.1, -0.05) is 37.5 Å². The molecule has 0 radical (unpaired) electrons. The summed E-state index contributed by atoms with van der Waals surface area (Å²) in [7, 11) is 0. The van der Waals surface area contributed by atoms with Crippen LogP contribution in [-0.2, 0) is 11.2 Å². The van der Waals surface area contributed by atoms with Crippen molar-refractivity contribution in [3.63, 3.8) is 0 Å². The molecule has 1 aromatic heterocycles. The summed E-state index contributed by atoms with van der Waals surface area (Å²) in [5.74, 6) is -1.18. The molecule has 2 N–H and O–H groups in total. The number of carbonyl (C=O) groups excluding carboxylic acids is 1. The van der Waals surface area contributed by atoms with Gasteiger partial charge in [0.2, 0.25) is 0 Å². The minimum Gasteiger partial charge on any atom is -0.481 e. The van der Waals surface area contributed by atoms with Gasteiger partial charge in [-0.15, -0.1) is 0 Å². The van der Waals surface area contributed by atoms with E-state index >= 15 is 0 Å². The Balaban J connectivity index is 1.78. The summed E-state index contributed by atoms with van der Waals surface area (Å²) in [6.07, 6.45) is 7.36. The lowest BCUT2D eigenvalue weighted by Gasteiger charge is -2.23. The van der Waals surface area contributed by atoms with Gasteiger partial charge in [-0.3, -0.25) is 14.3 Å². The van der Waals surface area contributed by atoms with Gasteiger partial charge >= 0.3 is 5.97 Å². The zero-order valence-corrected chi connectivity index (χ0v) is 14.4. The lowest BCUT2D eigenvalue weighted by Crippen LogP contribution is -2.18. The molecule has 1 aliphatic carbocycles. The van der Waals surface area contributed by atoms with Crippen LogP contribution >= 0.6 is 0 Å². The van der Waals surface area contributed by atoms with Crippen LogP contribution in [-0.4, -0.2) is 26.8 Å². The topological polar surface area (TPSA) is 84.2 Å². The summed E-state index contributed by atoms with van der Waals surface area (Å²) in [6.45, 7) is 1.92. The summed E-state index contributed by atoms with van der Waals surface area (Å²) < 4.78 is 1.97. The molecular weight excluding hydrogens is 318 g/mol. The van der Waals surface area contributed by atoms with Crippen LogP contribution in [0.15, 0.2) is 30.5 Å². The van der Waals surface area contributed by atoms with E-state index in [0.717, 1.165) is 18.5 Å². The highest BCUT2D eigenvalue weighted by atomic mass is 16.4. The van der Waals surface area contributed by atoms with E-state index in [9.17, 15) is 9.59 Å².